The second kappa shape index (κ2) is 6.62. The van der Waals surface area contributed by atoms with Crippen LogP contribution in [0.15, 0.2) is 24.3 Å². The van der Waals surface area contributed by atoms with Crippen molar-refractivity contribution in [2.24, 2.45) is 0 Å². The molecule has 0 saturated carbocycles. The molecule has 0 radical (unpaired) electrons. The van der Waals surface area contributed by atoms with E-state index in [0.717, 1.165) is 31.7 Å². The number of ether oxygens (including phenoxy) is 1. The summed E-state index contributed by atoms with van der Waals surface area (Å²) in [5, 5.41) is 3.23. The lowest BCUT2D eigenvalue weighted by Gasteiger charge is -2.33. The maximum absolute atomic E-state index is 12.9. The van der Waals surface area contributed by atoms with Crippen LogP contribution in [-0.2, 0) is 0 Å². The molecule has 1 aromatic carbocycles. The monoisotopic (exact) mass is 306 g/mol. The molecule has 118 valence electrons. The lowest BCUT2D eigenvalue weighted by Crippen LogP contribution is -2.44. The molecule has 0 spiro atoms. The highest BCUT2D eigenvalue weighted by molar-refractivity contribution is 5.30. The molecule has 1 aliphatic heterocycles. The van der Waals surface area contributed by atoms with Crippen molar-refractivity contribution in [3.8, 4) is 5.75 Å². The van der Waals surface area contributed by atoms with Gasteiger partial charge in [0.15, 0.2) is 0 Å². The number of hydrogen-bond donors (Lipinski definition) is 1. The van der Waals surface area contributed by atoms with E-state index in [1.165, 1.54) is 18.2 Å². The fourth-order valence-electron chi connectivity index (χ4n) is 2.32. The largest absolute Gasteiger partial charge is 0.461 e. The van der Waals surface area contributed by atoms with E-state index < -0.39 is 12.5 Å². The van der Waals surface area contributed by atoms with Gasteiger partial charge in [-0.05, 0) is 24.6 Å². The molecular weight excluding hydrogens is 288 g/mol. The minimum Gasteiger partial charge on any atom is -0.428 e. The molecule has 3 nitrogen and oxygen atoms in total. The Kier molecular flexibility index (Phi) is 5.05. The lowest BCUT2D eigenvalue weighted by molar-refractivity contribution is -0.253. The van der Waals surface area contributed by atoms with Crippen LogP contribution < -0.4 is 10.1 Å². The standard InChI is InChI=1S/C14H18F4N2O/c1-10(20-7-5-19-6-8-20)11-3-2-4-12(9-11)21-14(17,18)13(15)16/h2-4,9-10,13,19H,5-8H2,1H3/t10-/m0/s1. The Bertz CT molecular complexity index is 464. The topological polar surface area (TPSA) is 24.5 Å². The molecule has 0 amide bonds. The summed E-state index contributed by atoms with van der Waals surface area (Å²) in [6.45, 7) is 5.38. The molecular formula is C14H18F4N2O. The summed E-state index contributed by atoms with van der Waals surface area (Å²) in [5.41, 5.74) is 0.763. The Balaban J connectivity index is 2.09. The summed E-state index contributed by atoms with van der Waals surface area (Å²) in [6.07, 6.45) is -8.33. The first-order chi connectivity index (χ1) is 9.90. The molecule has 1 aromatic rings. The highest BCUT2D eigenvalue weighted by Crippen LogP contribution is 2.30. The predicted molar refractivity (Wildman–Crippen MR) is 70.9 cm³/mol. The van der Waals surface area contributed by atoms with Crippen LogP contribution in [0.25, 0.3) is 0 Å². The van der Waals surface area contributed by atoms with E-state index >= 15 is 0 Å². The maximum atomic E-state index is 12.9. The van der Waals surface area contributed by atoms with Crippen molar-refractivity contribution >= 4 is 0 Å². The van der Waals surface area contributed by atoms with E-state index in [2.05, 4.69) is 15.0 Å². The van der Waals surface area contributed by atoms with Crippen LogP contribution in [0.5, 0.6) is 5.75 Å². The molecule has 21 heavy (non-hydrogen) atoms. The van der Waals surface area contributed by atoms with Gasteiger partial charge in [0, 0.05) is 32.2 Å². The van der Waals surface area contributed by atoms with Crippen molar-refractivity contribution in [2.75, 3.05) is 26.2 Å². The first-order valence-corrected chi connectivity index (χ1v) is 6.80. The quantitative estimate of drug-likeness (QED) is 0.847. The maximum Gasteiger partial charge on any atom is 0.461 e. The Morgan fingerprint density at radius 1 is 1.24 bits per heavy atom. The second-order valence-electron chi connectivity index (χ2n) is 5.00. The number of rotatable bonds is 5. The number of nitrogens with one attached hydrogen (secondary N) is 1. The fraction of sp³-hybridized carbons (Fsp3) is 0.571. The number of piperazine rings is 1. The smallest absolute Gasteiger partial charge is 0.428 e. The van der Waals surface area contributed by atoms with Crippen LogP contribution in [-0.4, -0.2) is 43.6 Å². The van der Waals surface area contributed by atoms with Crippen LogP contribution in [0.2, 0.25) is 0 Å². The molecule has 0 aliphatic carbocycles. The molecule has 1 N–H and O–H groups in total. The van der Waals surface area contributed by atoms with Crippen LogP contribution in [0.4, 0.5) is 17.6 Å². The first kappa shape index (κ1) is 16.0. The average Bonchev–Trinajstić information content (AvgIpc) is 2.47. The zero-order valence-electron chi connectivity index (χ0n) is 11.7. The third-order valence-corrected chi connectivity index (χ3v) is 3.55. The minimum atomic E-state index is -4.48. The van der Waals surface area contributed by atoms with E-state index in [1.54, 1.807) is 6.07 Å². The second-order valence-corrected chi connectivity index (χ2v) is 5.00. The molecule has 1 heterocycles. The van der Waals surface area contributed by atoms with Crippen LogP contribution >= 0.6 is 0 Å². The van der Waals surface area contributed by atoms with Crippen molar-refractivity contribution in [1.29, 1.82) is 0 Å². The highest BCUT2D eigenvalue weighted by atomic mass is 19.3. The van der Waals surface area contributed by atoms with E-state index in [0.29, 0.717) is 0 Å². The molecule has 2 rings (SSSR count). The van der Waals surface area contributed by atoms with E-state index in [-0.39, 0.29) is 11.8 Å². The van der Waals surface area contributed by atoms with Crippen LogP contribution in [0.3, 0.4) is 0 Å². The number of alkyl halides is 4. The molecule has 7 heteroatoms. The molecule has 0 bridgehead atoms. The van der Waals surface area contributed by atoms with Crippen molar-refractivity contribution < 1.29 is 22.3 Å². The third-order valence-electron chi connectivity index (χ3n) is 3.55. The van der Waals surface area contributed by atoms with Crippen molar-refractivity contribution in [3.05, 3.63) is 29.8 Å². The zero-order chi connectivity index (χ0) is 15.5. The van der Waals surface area contributed by atoms with Crippen molar-refractivity contribution in [3.63, 3.8) is 0 Å². The molecule has 1 atom stereocenters. The number of nitrogens with zero attached hydrogens (tertiary/aromatic N) is 1. The van der Waals surface area contributed by atoms with Gasteiger partial charge in [0.05, 0.1) is 0 Å². The van der Waals surface area contributed by atoms with E-state index in [9.17, 15) is 17.6 Å². The Labute approximate surface area is 120 Å². The number of hydrogen-bond acceptors (Lipinski definition) is 3. The first-order valence-electron chi connectivity index (χ1n) is 6.80. The van der Waals surface area contributed by atoms with E-state index in [1.807, 2.05) is 6.92 Å². The Morgan fingerprint density at radius 3 is 2.52 bits per heavy atom. The summed E-state index contributed by atoms with van der Waals surface area (Å²) < 4.78 is 54.3. The van der Waals surface area contributed by atoms with Gasteiger partial charge in [0.2, 0.25) is 0 Å². The van der Waals surface area contributed by atoms with Gasteiger partial charge in [-0.3, -0.25) is 4.90 Å². The molecule has 0 aromatic heterocycles. The Morgan fingerprint density at radius 2 is 1.90 bits per heavy atom. The van der Waals surface area contributed by atoms with Gasteiger partial charge < -0.3 is 10.1 Å². The lowest BCUT2D eigenvalue weighted by atomic mass is 10.1. The SMILES string of the molecule is C[C@@H](c1cccc(OC(F)(F)C(F)F)c1)N1CCNCC1. The summed E-state index contributed by atoms with van der Waals surface area (Å²) in [6, 6.07) is 5.97. The molecule has 0 unspecified atom stereocenters. The van der Waals surface area contributed by atoms with Gasteiger partial charge in [-0.1, -0.05) is 12.1 Å². The van der Waals surface area contributed by atoms with Gasteiger partial charge in [-0.25, -0.2) is 0 Å². The summed E-state index contributed by atoms with van der Waals surface area (Å²) >= 11 is 0. The zero-order valence-corrected chi connectivity index (χ0v) is 11.7. The highest BCUT2D eigenvalue weighted by Gasteiger charge is 2.44. The van der Waals surface area contributed by atoms with Gasteiger partial charge in [-0.2, -0.15) is 17.6 Å². The van der Waals surface area contributed by atoms with Crippen LogP contribution in [0.1, 0.15) is 18.5 Å². The average molecular weight is 306 g/mol. The normalized spacial score (nSPS) is 18.8. The predicted octanol–water partition coefficient (Wildman–Crippen LogP) is 2.89. The van der Waals surface area contributed by atoms with Gasteiger partial charge in [-0.15, -0.1) is 0 Å². The summed E-state index contributed by atoms with van der Waals surface area (Å²) in [4.78, 5) is 2.20. The Hall–Kier alpha value is -1.34. The van der Waals surface area contributed by atoms with Gasteiger partial charge >= 0.3 is 12.5 Å². The molecule has 1 aliphatic rings. The number of halogens is 4. The molecule has 1 saturated heterocycles. The minimum absolute atomic E-state index is 0.0100. The summed E-state index contributed by atoms with van der Waals surface area (Å²) in [7, 11) is 0. The van der Waals surface area contributed by atoms with E-state index in [4.69, 9.17) is 0 Å². The van der Waals surface area contributed by atoms with Crippen LogP contribution in [0, 0.1) is 0 Å². The fourth-order valence-corrected chi connectivity index (χ4v) is 2.32. The van der Waals surface area contributed by atoms with Gasteiger partial charge in [0.25, 0.3) is 0 Å². The molecule has 1 fully saturated rings. The van der Waals surface area contributed by atoms with Crippen molar-refractivity contribution in [1.82, 2.24) is 10.2 Å². The third kappa shape index (κ3) is 4.07. The number of benzene rings is 1. The van der Waals surface area contributed by atoms with Crippen molar-refractivity contribution in [2.45, 2.75) is 25.5 Å². The van der Waals surface area contributed by atoms with Gasteiger partial charge in [0.1, 0.15) is 5.75 Å². The summed E-state index contributed by atoms with van der Waals surface area (Å²) in [5.74, 6) is -0.250.